The van der Waals surface area contributed by atoms with Crippen molar-refractivity contribution in [3.63, 3.8) is 0 Å². The minimum absolute atomic E-state index is 0.195. The molecule has 3 nitrogen and oxygen atoms in total. The minimum atomic E-state index is -4.35. The summed E-state index contributed by atoms with van der Waals surface area (Å²) in [4.78, 5) is 0. The van der Waals surface area contributed by atoms with Gasteiger partial charge in [0.2, 0.25) is 0 Å². The maximum Gasteiger partial charge on any atom is 0.422 e. The lowest BCUT2D eigenvalue weighted by atomic mass is 10.2. The van der Waals surface area contributed by atoms with E-state index in [1.807, 2.05) is 6.92 Å². The van der Waals surface area contributed by atoms with Crippen LogP contribution in [-0.4, -0.2) is 26.4 Å². The summed E-state index contributed by atoms with van der Waals surface area (Å²) in [7, 11) is 1.72. The van der Waals surface area contributed by atoms with Crippen molar-refractivity contribution in [2.75, 3.05) is 20.3 Å². The molecule has 0 radical (unpaired) electrons. The monoisotopic (exact) mass is 277 g/mol. The first-order valence-corrected chi connectivity index (χ1v) is 6.06. The second-order valence-corrected chi connectivity index (χ2v) is 4.05. The highest BCUT2D eigenvalue weighted by Crippen LogP contribution is 2.27. The normalized spacial score (nSPS) is 11.4. The van der Waals surface area contributed by atoms with E-state index in [1.165, 1.54) is 6.07 Å². The third-order valence-electron chi connectivity index (χ3n) is 2.27. The molecule has 0 aliphatic rings. The van der Waals surface area contributed by atoms with Crippen molar-refractivity contribution < 1.29 is 22.6 Å². The Hall–Kier alpha value is -1.43. The summed E-state index contributed by atoms with van der Waals surface area (Å²) in [6, 6.07) is 4.92. The van der Waals surface area contributed by atoms with Crippen LogP contribution in [0.5, 0.6) is 11.5 Å². The Bertz CT molecular complexity index is 394. The Morgan fingerprint density at radius 3 is 2.53 bits per heavy atom. The Balaban J connectivity index is 2.82. The van der Waals surface area contributed by atoms with E-state index in [4.69, 9.17) is 9.47 Å². The maximum absolute atomic E-state index is 12.2. The fourth-order valence-electron chi connectivity index (χ4n) is 1.48. The molecule has 0 aliphatic carbocycles. The number of nitrogens with one attached hydrogen (secondary N) is 1. The van der Waals surface area contributed by atoms with E-state index in [-0.39, 0.29) is 5.75 Å². The number of halogens is 3. The third kappa shape index (κ3) is 5.83. The van der Waals surface area contributed by atoms with Crippen molar-refractivity contribution in [2.45, 2.75) is 26.1 Å². The van der Waals surface area contributed by atoms with Gasteiger partial charge in [0.05, 0.1) is 6.61 Å². The highest BCUT2D eigenvalue weighted by molar-refractivity contribution is 5.40. The van der Waals surface area contributed by atoms with Crippen LogP contribution in [0.15, 0.2) is 18.2 Å². The highest BCUT2D eigenvalue weighted by atomic mass is 19.4. The van der Waals surface area contributed by atoms with Crippen LogP contribution in [0.2, 0.25) is 0 Å². The van der Waals surface area contributed by atoms with Crippen LogP contribution in [0.1, 0.15) is 18.9 Å². The first kappa shape index (κ1) is 15.6. The lowest BCUT2D eigenvalue weighted by Gasteiger charge is -2.14. The zero-order valence-electron chi connectivity index (χ0n) is 11.0. The molecule has 0 fully saturated rings. The Morgan fingerprint density at radius 1 is 1.21 bits per heavy atom. The number of hydrogen-bond donors (Lipinski definition) is 1. The lowest BCUT2D eigenvalue weighted by Crippen LogP contribution is -2.20. The molecule has 19 heavy (non-hydrogen) atoms. The quantitative estimate of drug-likeness (QED) is 0.830. The molecule has 0 saturated carbocycles. The predicted octanol–water partition coefficient (Wildman–Crippen LogP) is 3.14. The minimum Gasteiger partial charge on any atom is -0.493 e. The van der Waals surface area contributed by atoms with E-state index in [9.17, 15) is 13.2 Å². The van der Waals surface area contributed by atoms with Crippen LogP contribution in [0.4, 0.5) is 13.2 Å². The van der Waals surface area contributed by atoms with Crippen molar-refractivity contribution in [1.82, 2.24) is 5.32 Å². The molecule has 0 aliphatic heterocycles. The second kappa shape index (κ2) is 7.23. The summed E-state index contributed by atoms with van der Waals surface area (Å²) in [5, 5.41) is 2.88. The van der Waals surface area contributed by atoms with Crippen LogP contribution in [0, 0.1) is 0 Å². The standard InChI is InChI=1S/C13H18F3NO2/c1-3-6-18-11-5-4-10(8-17-2)12(7-11)19-9-13(14,15)16/h4-5,7,17H,3,6,8-9H2,1-2H3. The van der Waals surface area contributed by atoms with E-state index in [2.05, 4.69) is 5.32 Å². The summed E-state index contributed by atoms with van der Waals surface area (Å²) >= 11 is 0. The first-order valence-electron chi connectivity index (χ1n) is 6.06. The van der Waals surface area contributed by atoms with Gasteiger partial charge < -0.3 is 14.8 Å². The number of rotatable bonds is 7. The summed E-state index contributed by atoms with van der Waals surface area (Å²) in [6.07, 6.45) is -3.52. The van der Waals surface area contributed by atoms with E-state index in [0.29, 0.717) is 24.5 Å². The topological polar surface area (TPSA) is 30.5 Å². The third-order valence-corrected chi connectivity index (χ3v) is 2.27. The van der Waals surface area contributed by atoms with Gasteiger partial charge in [-0.1, -0.05) is 13.0 Å². The van der Waals surface area contributed by atoms with Crippen LogP contribution >= 0.6 is 0 Å². The maximum atomic E-state index is 12.2. The number of hydrogen-bond acceptors (Lipinski definition) is 3. The Kier molecular flexibility index (Phi) is 5.95. The van der Waals surface area contributed by atoms with Gasteiger partial charge in [0, 0.05) is 18.2 Å². The van der Waals surface area contributed by atoms with Crippen molar-refractivity contribution >= 4 is 0 Å². The fraction of sp³-hybridized carbons (Fsp3) is 0.538. The fourth-order valence-corrected chi connectivity index (χ4v) is 1.48. The zero-order valence-corrected chi connectivity index (χ0v) is 11.0. The molecule has 6 heteroatoms. The molecule has 108 valence electrons. The van der Waals surface area contributed by atoms with Crippen molar-refractivity contribution in [3.8, 4) is 11.5 Å². The molecule has 0 heterocycles. The average molecular weight is 277 g/mol. The smallest absolute Gasteiger partial charge is 0.422 e. The summed E-state index contributed by atoms with van der Waals surface area (Å²) < 4.78 is 46.8. The van der Waals surface area contributed by atoms with Gasteiger partial charge in [-0.05, 0) is 19.5 Å². The zero-order chi connectivity index (χ0) is 14.3. The van der Waals surface area contributed by atoms with Crippen LogP contribution in [0.25, 0.3) is 0 Å². The number of alkyl halides is 3. The molecule has 1 aromatic carbocycles. The van der Waals surface area contributed by atoms with Gasteiger partial charge >= 0.3 is 6.18 Å². The van der Waals surface area contributed by atoms with Gasteiger partial charge in [-0.25, -0.2) is 0 Å². The van der Waals surface area contributed by atoms with E-state index >= 15 is 0 Å². The Labute approximate surface area is 110 Å². The molecule has 1 aromatic rings. The van der Waals surface area contributed by atoms with Gasteiger partial charge in [0.25, 0.3) is 0 Å². The molecule has 0 unspecified atom stereocenters. The summed E-state index contributed by atoms with van der Waals surface area (Å²) in [6.45, 7) is 1.60. The van der Waals surface area contributed by atoms with E-state index in [1.54, 1.807) is 19.2 Å². The van der Waals surface area contributed by atoms with Gasteiger partial charge in [0.15, 0.2) is 6.61 Å². The van der Waals surface area contributed by atoms with Gasteiger partial charge in [0.1, 0.15) is 11.5 Å². The molecule has 0 atom stereocenters. The summed E-state index contributed by atoms with van der Waals surface area (Å²) in [5.41, 5.74) is 0.663. The van der Waals surface area contributed by atoms with E-state index in [0.717, 1.165) is 6.42 Å². The van der Waals surface area contributed by atoms with Crippen LogP contribution < -0.4 is 14.8 Å². The predicted molar refractivity (Wildman–Crippen MR) is 66.5 cm³/mol. The van der Waals surface area contributed by atoms with E-state index < -0.39 is 12.8 Å². The molecule has 0 amide bonds. The Morgan fingerprint density at radius 2 is 1.95 bits per heavy atom. The molecular weight excluding hydrogens is 259 g/mol. The molecule has 0 spiro atoms. The number of ether oxygens (including phenoxy) is 2. The van der Waals surface area contributed by atoms with Crippen molar-refractivity contribution in [2.24, 2.45) is 0 Å². The van der Waals surface area contributed by atoms with Gasteiger partial charge in [-0.15, -0.1) is 0 Å². The molecule has 0 bridgehead atoms. The molecular formula is C13H18F3NO2. The first-order chi connectivity index (χ1) is 8.96. The second-order valence-electron chi connectivity index (χ2n) is 4.05. The molecule has 1 rings (SSSR count). The van der Waals surface area contributed by atoms with Gasteiger partial charge in [-0.3, -0.25) is 0 Å². The number of benzene rings is 1. The van der Waals surface area contributed by atoms with Crippen molar-refractivity contribution in [1.29, 1.82) is 0 Å². The van der Waals surface area contributed by atoms with Gasteiger partial charge in [-0.2, -0.15) is 13.2 Å². The lowest BCUT2D eigenvalue weighted by molar-refractivity contribution is -0.153. The largest absolute Gasteiger partial charge is 0.493 e. The van der Waals surface area contributed by atoms with Crippen molar-refractivity contribution in [3.05, 3.63) is 23.8 Å². The SMILES string of the molecule is CCCOc1ccc(CNC)c(OCC(F)(F)F)c1. The highest BCUT2D eigenvalue weighted by Gasteiger charge is 2.28. The summed E-state index contributed by atoms with van der Waals surface area (Å²) in [5.74, 6) is 0.708. The molecule has 1 N–H and O–H groups in total. The molecule has 0 aromatic heterocycles. The average Bonchev–Trinajstić information content (AvgIpc) is 2.35. The van der Waals surface area contributed by atoms with Crippen LogP contribution in [0.3, 0.4) is 0 Å². The molecule has 0 saturated heterocycles. The van der Waals surface area contributed by atoms with Crippen LogP contribution in [-0.2, 0) is 6.54 Å².